The van der Waals surface area contributed by atoms with Crippen molar-refractivity contribution in [2.45, 2.75) is 51.6 Å². The summed E-state index contributed by atoms with van der Waals surface area (Å²) < 4.78 is 0. The Morgan fingerprint density at radius 2 is 2.00 bits per heavy atom. The number of hydrogen-bond acceptors (Lipinski definition) is 3. The predicted octanol–water partition coefficient (Wildman–Crippen LogP) is 2.86. The Morgan fingerprint density at radius 1 is 1.30 bits per heavy atom. The molecule has 1 aromatic carbocycles. The molecule has 2 unspecified atom stereocenters. The minimum atomic E-state index is -0.0966. The molecule has 20 heavy (non-hydrogen) atoms. The van der Waals surface area contributed by atoms with E-state index in [-0.39, 0.29) is 11.9 Å². The fraction of sp³-hybridized carbons (Fsp3) is 0.562. The van der Waals surface area contributed by atoms with E-state index in [9.17, 15) is 4.79 Å². The zero-order valence-corrected chi connectivity index (χ0v) is 12.4. The highest BCUT2D eigenvalue weighted by atomic mass is 16.2. The Hall–Kier alpha value is -1.55. The molecule has 1 heterocycles. The van der Waals surface area contributed by atoms with E-state index in [1.54, 1.807) is 12.1 Å². The van der Waals surface area contributed by atoms with Gasteiger partial charge in [-0.05, 0) is 57.5 Å². The lowest BCUT2D eigenvalue weighted by Crippen LogP contribution is -2.46. The summed E-state index contributed by atoms with van der Waals surface area (Å²) in [4.78, 5) is 14.7. The van der Waals surface area contributed by atoms with Crippen LogP contribution in [0.25, 0.3) is 0 Å². The highest BCUT2D eigenvalue weighted by Gasteiger charge is 2.26. The van der Waals surface area contributed by atoms with Gasteiger partial charge in [0.2, 0.25) is 5.91 Å². The number of nitrogens with two attached hydrogens (primary N) is 1. The summed E-state index contributed by atoms with van der Waals surface area (Å²) in [5.74, 6) is 0.0588. The second-order valence-corrected chi connectivity index (χ2v) is 5.72. The van der Waals surface area contributed by atoms with Gasteiger partial charge in [0.05, 0.1) is 6.04 Å². The van der Waals surface area contributed by atoms with Crippen LogP contribution in [0.2, 0.25) is 0 Å². The summed E-state index contributed by atoms with van der Waals surface area (Å²) in [6.07, 6.45) is 4.90. The van der Waals surface area contributed by atoms with Crippen molar-refractivity contribution in [1.82, 2.24) is 4.90 Å². The van der Waals surface area contributed by atoms with E-state index in [1.807, 2.05) is 19.1 Å². The van der Waals surface area contributed by atoms with Crippen LogP contribution in [0.5, 0.6) is 0 Å². The van der Waals surface area contributed by atoms with Gasteiger partial charge in [0, 0.05) is 17.4 Å². The fourth-order valence-electron chi connectivity index (χ4n) is 2.84. The van der Waals surface area contributed by atoms with E-state index >= 15 is 0 Å². The number of nitrogen functional groups attached to an aromatic ring is 1. The number of benzene rings is 1. The van der Waals surface area contributed by atoms with Gasteiger partial charge in [0.1, 0.15) is 0 Å². The third-order valence-electron chi connectivity index (χ3n) is 4.16. The van der Waals surface area contributed by atoms with E-state index in [2.05, 4.69) is 17.1 Å². The van der Waals surface area contributed by atoms with Gasteiger partial charge in [-0.25, -0.2) is 0 Å². The molecule has 1 fully saturated rings. The molecule has 1 aliphatic heterocycles. The monoisotopic (exact) mass is 275 g/mol. The summed E-state index contributed by atoms with van der Waals surface area (Å²) in [6.45, 7) is 5.23. The molecule has 0 aliphatic carbocycles. The highest BCUT2D eigenvalue weighted by Crippen LogP contribution is 2.20. The first-order chi connectivity index (χ1) is 9.58. The van der Waals surface area contributed by atoms with Crippen LogP contribution in [0.3, 0.4) is 0 Å². The number of anilines is 2. The number of likely N-dealkylation sites (tertiary alicyclic amines) is 1. The van der Waals surface area contributed by atoms with Gasteiger partial charge in [-0.1, -0.05) is 12.8 Å². The Morgan fingerprint density at radius 3 is 2.70 bits per heavy atom. The van der Waals surface area contributed by atoms with Crippen LogP contribution < -0.4 is 11.1 Å². The summed E-state index contributed by atoms with van der Waals surface area (Å²) in [5.41, 5.74) is 7.16. The topological polar surface area (TPSA) is 58.4 Å². The molecule has 0 bridgehead atoms. The molecule has 4 nitrogen and oxygen atoms in total. The second kappa shape index (κ2) is 6.75. The summed E-state index contributed by atoms with van der Waals surface area (Å²) in [6, 6.07) is 7.66. The molecule has 0 radical (unpaired) electrons. The first-order valence-electron chi connectivity index (χ1n) is 7.50. The van der Waals surface area contributed by atoms with Crippen LogP contribution in [0.1, 0.15) is 39.5 Å². The zero-order chi connectivity index (χ0) is 14.5. The van der Waals surface area contributed by atoms with E-state index in [0.29, 0.717) is 11.7 Å². The molecule has 0 aromatic heterocycles. The minimum Gasteiger partial charge on any atom is -0.399 e. The lowest BCUT2D eigenvalue weighted by atomic mass is 10.1. The van der Waals surface area contributed by atoms with Gasteiger partial charge in [-0.3, -0.25) is 9.69 Å². The first-order valence-corrected chi connectivity index (χ1v) is 7.50. The van der Waals surface area contributed by atoms with Crippen LogP contribution >= 0.6 is 0 Å². The number of nitrogens with zero attached hydrogens (tertiary/aromatic N) is 1. The molecule has 0 saturated carbocycles. The van der Waals surface area contributed by atoms with Crippen LogP contribution in [0, 0.1) is 0 Å². The number of carbonyl (C=O) groups excluding carboxylic acids is 1. The molecule has 1 aromatic rings. The maximum atomic E-state index is 12.4. The number of hydrogen-bond donors (Lipinski definition) is 2. The third-order valence-corrected chi connectivity index (χ3v) is 4.16. The van der Waals surface area contributed by atoms with Gasteiger partial charge in [0.15, 0.2) is 0 Å². The van der Waals surface area contributed by atoms with Crippen molar-refractivity contribution < 1.29 is 4.79 Å². The standard InChI is InChI=1S/C16H25N3O/c1-12-6-4-3-5-11-19(12)13(2)16(20)18-15-9-7-14(17)8-10-15/h7-10,12-13H,3-6,11,17H2,1-2H3,(H,18,20). The fourth-order valence-corrected chi connectivity index (χ4v) is 2.84. The first kappa shape index (κ1) is 14.9. The van der Waals surface area contributed by atoms with Crippen molar-refractivity contribution in [3.8, 4) is 0 Å². The number of amides is 1. The Kier molecular flexibility index (Phi) is 5.01. The number of nitrogens with one attached hydrogen (secondary N) is 1. The summed E-state index contributed by atoms with van der Waals surface area (Å²) in [5, 5.41) is 2.97. The molecule has 2 rings (SSSR count). The second-order valence-electron chi connectivity index (χ2n) is 5.72. The van der Waals surface area contributed by atoms with Crippen LogP contribution in [-0.2, 0) is 4.79 Å². The van der Waals surface area contributed by atoms with Crippen molar-refractivity contribution >= 4 is 17.3 Å². The van der Waals surface area contributed by atoms with E-state index in [0.717, 1.165) is 12.2 Å². The highest BCUT2D eigenvalue weighted by molar-refractivity contribution is 5.94. The van der Waals surface area contributed by atoms with Crippen molar-refractivity contribution in [1.29, 1.82) is 0 Å². The number of rotatable bonds is 3. The summed E-state index contributed by atoms with van der Waals surface area (Å²) in [7, 11) is 0. The summed E-state index contributed by atoms with van der Waals surface area (Å²) >= 11 is 0. The van der Waals surface area contributed by atoms with Gasteiger partial charge >= 0.3 is 0 Å². The lowest BCUT2D eigenvalue weighted by Gasteiger charge is -2.32. The zero-order valence-electron chi connectivity index (χ0n) is 12.4. The molecule has 2 atom stereocenters. The largest absolute Gasteiger partial charge is 0.399 e. The molecule has 0 spiro atoms. The van der Waals surface area contributed by atoms with Gasteiger partial charge in [-0.2, -0.15) is 0 Å². The normalized spacial score (nSPS) is 22.0. The van der Waals surface area contributed by atoms with Crippen LogP contribution in [0.15, 0.2) is 24.3 Å². The Labute approximate surface area is 121 Å². The molecule has 3 N–H and O–H groups in total. The molecular weight excluding hydrogens is 250 g/mol. The minimum absolute atomic E-state index is 0.0588. The molecule has 1 saturated heterocycles. The number of carbonyl (C=O) groups is 1. The maximum Gasteiger partial charge on any atom is 0.241 e. The molecule has 1 amide bonds. The quantitative estimate of drug-likeness (QED) is 0.834. The van der Waals surface area contributed by atoms with Crippen LogP contribution in [0.4, 0.5) is 11.4 Å². The molecule has 110 valence electrons. The van der Waals surface area contributed by atoms with Crippen LogP contribution in [-0.4, -0.2) is 29.4 Å². The van der Waals surface area contributed by atoms with Crippen molar-refractivity contribution in [3.63, 3.8) is 0 Å². The SMILES string of the molecule is CC1CCCCCN1C(C)C(=O)Nc1ccc(N)cc1. The van der Waals surface area contributed by atoms with E-state index in [1.165, 1.54) is 25.7 Å². The average molecular weight is 275 g/mol. The predicted molar refractivity (Wildman–Crippen MR) is 83.6 cm³/mol. The Bertz CT molecular complexity index is 444. The molecule has 4 heteroatoms. The van der Waals surface area contributed by atoms with Crippen molar-refractivity contribution in [2.24, 2.45) is 0 Å². The van der Waals surface area contributed by atoms with Crippen molar-refractivity contribution in [2.75, 3.05) is 17.6 Å². The van der Waals surface area contributed by atoms with Gasteiger partial charge in [0.25, 0.3) is 0 Å². The van der Waals surface area contributed by atoms with Gasteiger partial charge < -0.3 is 11.1 Å². The Balaban J connectivity index is 1.98. The van der Waals surface area contributed by atoms with E-state index in [4.69, 9.17) is 5.73 Å². The molecular formula is C16H25N3O. The van der Waals surface area contributed by atoms with Crippen molar-refractivity contribution in [3.05, 3.63) is 24.3 Å². The lowest BCUT2D eigenvalue weighted by molar-refractivity contribution is -0.121. The average Bonchev–Trinajstić information content (AvgIpc) is 2.65. The third kappa shape index (κ3) is 3.73. The van der Waals surface area contributed by atoms with Gasteiger partial charge in [-0.15, -0.1) is 0 Å². The smallest absolute Gasteiger partial charge is 0.241 e. The maximum absolute atomic E-state index is 12.4. The molecule has 1 aliphatic rings. The van der Waals surface area contributed by atoms with E-state index < -0.39 is 0 Å².